The molecule has 1 amide bonds. The van der Waals surface area contributed by atoms with E-state index in [0.29, 0.717) is 6.54 Å². The van der Waals surface area contributed by atoms with Crippen LogP contribution in [0.5, 0.6) is 0 Å². The number of amides is 1. The molecule has 1 saturated heterocycles. The summed E-state index contributed by atoms with van der Waals surface area (Å²) < 4.78 is 27.0. The Kier molecular flexibility index (Phi) is 4.00. The molecule has 0 radical (unpaired) electrons. The molecule has 5 heteroatoms. The van der Waals surface area contributed by atoms with Gasteiger partial charge in [-0.05, 0) is 47.8 Å². The molecule has 0 N–H and O–H groups in total. The first-order valence-electron chi connectivity index (χ1n) is 5.92. The average Bonchev–Trinajstić information content (AvgIpc) is 2.72. The highest BCUT2D eigenvalue weighted by Gasteiger charge is 2.25. The van der Waals surface area contributed by atoms with Gasteiger partial charge in [0.15, 0.2) is 0 Å². The molecule has 1 aliphatic heterocycles. The highest BCUT2D eigenvalue weighted by molar-refractivity contribution is 9.10. The van der Waals surface area contributed by atoms with Crippen LogP contribution < -0.4 is 0 Å². The van der Waals surface area contributed by atoms with E-state index in [2.05, 4.69) is 15.9 Å². The van der Waals surface area contributed by atoms with Gasteiger partial charge in [-0.2, -0.15) is 0 Å². The molecule has 0 spiro atoms. The van der Waals surface area contributed by atoms with Gasteiger partial charge < -0.3 is 4.90 Å². The maximum absolute atomic E-state index is 13.6. The Balaban J connectivity index is 2.14. The van der Waals surface area contributed by atoms with Crippen molar-refractivity contribution in [3.05, 3.63) is 33.8 Å². The minimum absolute atomic E-state index is 0.0748. The Bertz CT molecular complexity index is 478. The number of rotatable bonds is 2. The molecule has 1 fully saturated rings. The average molecular weight is 318 g/mol. The lowest BCUT2D eigenvalue weighted by atomic mass is 10.1. The lowest BCUT2D eigenvalue weighted by Crippen LogP contribution is -2.34. The van der Waals surface area contributed by atoms with Crippen LogP contribution in [0.15, 0.2) is 16.6 Å². The van der Waals surface area contributed by atoms with Crippen molar-refractivity contribution >= 4 is 21.8 Å². The third-order valence-corrected chi connectivity index (χ3v) is 3.91. The zero-order chi connectivity index (χ0) is 13.3. The predicted molar refractivity (Wildman–Crippen MR) is 68.2 cm³/mol. The molecular formula is C13H14BrF2NO. The summed E-state index contributed by atoms with van der Waals surface area (Å²) in [6.07, 6.45) is 1.87. The van der Waals surface area contributed by atoms with E-state index < -0.39 is 11.6 Å². The minimum Gasteiger partial charge on any atom is -0.340 e. The molecule has 0 saturated carbocycles. The normalized spacial score (nSPS) is 19.3. The number of carbonyl (C=O) groups excluding carboxylic acids is 1. The van der Waals surface area contributed by atoms with Crippen molar-refractivity contribution in [2.24, 2.45) is 0 Å². The Labute approximate surface area is 113 Å². The van der Waals surface area contributed by atoms with Crippen molar-refractivity contribution in [2.75, 3.05) is 6.54 Å². The summed E-state index contributed by atoms with van der Waals surface area (Å²) in [5.41, 5.74) is 0.111. The van der Waals surface area contributed by atoms with E-state index in [0.717, 1.165) is 25.0 Å². The molecule has 0 bridgehead atoms. The highest BCUT2D eigenvalue weighted by atomic mass is 79.9. The molecule has 0 aromatic heterocycles. The van der Waals surface area contributed by atoms with E-state index in [4.69, 9.17) is 0 Å². The van der Waals surface area contributed by atoms with Gasteiger partial charge in [0.1, 0.15) is 11.6 Å². The van der Waals surface area contributed by atoms with Crippen molar-refractivity contribution in [3.8, 4) is 0 Å². The van der Waals surface area contributed by atoms with Crippen LogP contribution >= 0.6 is 15.9 Å². The maximum atomic E-state index is 13.6. The van der Waals surface area contributed by atoms with Crippen molar-refractivity contribution < 1.29 is 13.6 Å². The summed E-state index contributed by atoms with van der Waals surface area (Å²) >= 11 is 2.91. The van der Waals surface area contributed by atoms with E-state index in [1.54, 1.807) is 4.90 Å². The summed E-state index contributed by atoms with van der Waals surface area (Å²) in [6.45, 7) is 2.68. The summed E-state index contributed by atoms with van der Waals surface area (Å²) in [5.74, 6) is -1.24. The number of nitrogens with zero attached hydrogens (tertiary/aromatic N) is 1. The number of hydrogen-bond donors (Lipinski definition) is 0. The molecule has 2 rings (SSSR count). The lowest BCUT2D eigenvalue weighted by Gasteiger charge is -2.21. The van der Waals surface area contributed by atoms with Crippen molar-refractivity contribution in [3.63, 3.8) is 0 Å². The van der Waals surface area contributed by atoms with E-state index in [1.165, 1.54) is 0 Å². The zero-order valence-corrected chi connectivity index (χ0v) is 11.6. The number of hydrogen-bond acceptors (Lipinski definition) is 1. The van der Waals surface area contributed by atoms with E-state index in [-0.39, 0.29) is 28.4 Å². The van der Waals surface area contributed by atoms with Gasteiger partial charge in [-0.3, -0.25) is 4.79 Å². The summed E-state index contributed by atoms with van der Waals surface area (Å²) in [7, 11) is 0. The monoisotopic (exact) mass is 317 g/mol. The van der Waals surface area contributed by atoms with Crippen LogP contribution in [0.25, 0.3) is 0 Å². The van der Waals surface area contributed by atoms with Crippen LogP contribution in [0, 0.1) is 11.6 Å². The Morgan fingerprint density at radius 2 is 2.17 bits per heavy atom. The van der Waals surface area contributed by atoms with Gasteiger partial charge in [0.2, 0.25) is 5.91 Å². The van der Waals surface area contributed by atoms with Gasteiger partial charge >= 0.3 is 0 Å². The number of benzene rings is 1. The second-order valence-electron chi connectivity index (χ2n) is 4.61. The van der Waals surface area contributed by atoms with Gasteiger partial charge in [-0.15, -0.1) is 0 Å². The van der Waals surface area contributed by atoms with Crippen LogP contribution in [-0.2, 0) is 11.2 Å². The summed E-state index contributed by atoms with van der Waals surface area (Å²) in [5, 5.41) is 0. The van der Waals surface area contributed by atoms with Crippen LogP contribution in [-0.4, -0.2) is 23.4 Å². The van der Waals surface area contributed by atoms with Crippen LogP contribution in [0.3, 0.4) is 0 Å². The fourth-order valence-electron chi connectivity index (χ4n) is 2.27. The molecule has 98 valence electrons. The SMILES string of the molecule is C[C@@H]1CCCN1C(=O)Cc1cc(F)c(Br)cc1F. The molecular weight excluding hydrogens is 304 g/mol. The molecule has 1 aromatic rings. The third-order valence-electron chi connectivity index (χ3n) is 3.30. The van der Waals surface area contributed by atoms with Crippen LogP contribution in [0.1, 0.15) is 25.3 Å². The van der Waals surface area contributed by atoms with E-state index in [1.807, 2.05) is 6.92 Å². The van der Waals surface area contributed by atoms with E-state index >= 15 is 0 Å². The Morgan fingerprint density at radius 3 is 2.78 bits per heavy atom. The standard InChI is InChI=1S/C13H14BrF2NO/c1-8-3-2-4-17(8)13(18)6-9-5-12(16)10(14)7-11(9)15/h5,7-8H,2-4,6H2,1H3/t8-/m1/s1. The quantitative estimate of drug-likeness (QED) is 0.767. The number of carbonyl (C=O) groups is 1. The van der Waals surface area contributed by atoms with Gasteiger partial charge in [-0.1, -0.05) is 0 Å². The highest BCUT2D eigenvalue weighted by Crippen LogP contribution is 2.22. The van der Waals surface area contributed by atoms with Crippen molar-refractivity contribution in [1.82, 2.24) is 4.90 Å². The van der Waals surface area contributed by atoms with Gasteiger partial charge in [0, 0.05) is 18.2 Å². The van der Waals surface area contributed by atoms with Crippen molar-refractivity contribution in [2.45, 2.75) is 32.2 Å². The second-order valence-corrected chi connectivity index (χ2v) is 5.47. The first-order chi connectivity index (χ1) is 8.49. The maximum Gasteiger partial charge on any atom is 0.227 e. The minimum atomic E-state index is -0.552. The Morgan fingerprint density at radius 1 is 1.44 bits per heavy atom. The Hall–Kier alpha value is -0.970. The summed E-state index contributed by atoms with van der Waals surface area (Å²) in [6, 6.07) is 2.34. The topological polar surface area (TPSA) is 20.3 Å². The van der Waals surface area contributed by atoms with Gasteiger partial charge in [-0.25, -0.2) is 8.78 Å². The summed E-state index contributed by atoms with van der Waals surface area (Å²) in [4.78, 5) is 13.7. The largest absolute Gasteiger partial charge is 0.340 e. The first kappa shape index (κ1) is 13.5. The van der Waals surface area contributed by atoms with E-state index in [9.17, 15) is 13.6 Å². The van der Waals surface area contributed by atoms with Crippen LogP contribution in [0.2, 0.25) is 0 Å². The lowest BCUT2D eigenvalue weighted by molar-refractivity contribution is -0.131. The fourth-order valence-corrected chi connectivity index (χ4v) is 2.58. The number of halogens is 3. The molecule has 2 nitrogen and oxygen atoms in total. The first-order valence-corrected chi connectivity index (χ1v) is 6.71. The van der Waals surface area contributed by atoms with Crippen LogP contribution in [0.4, 0.5) is 8.78 Å². The van der Waals surface area contributed by atoms with Crippen molar-refractivity contribution in [1.29, 1.82) is 0 Å². The second kappa shape index (κ2) is 5.34. The molecule has 0 unspecified atom stereocenters. The fraction of sp³-hybridized carbons (Fsp3) is 0.462. The molecule has 1 aliphatic rings. The molecule has 0 aliphatic carbocycles. The van der Waals surface area contributed by atoms with Gasteiger partial charge in [0.25, 0.3) is 0 Å². The number of likely N-dealkylation sites (tertiary alicyclic amines) is 1. The zero-order valence-electron chi connectivity index (χ0n) is 10.0. The molecule has 1 aromatic carbocycles. The third kappa shape index (κ3) is 2.71. The smallest absolute Gasteiger partial charge is 0.227 e. The molecule has 1 atom stereocenters. The molecule has 18 heavy (non-hydrogen) atoms. The van der Waals surface area contributed by atoms with Gasteiger partial charge in [0.05, 0.1) is 10.9 Å². The molecule has 1 heterocycles. The predicted octanol–water partition coefficient (Wildman–Crippen LogP) is 3.28.